The van der Waals surface area contributed by atoms with Gasteiger partial charge in [-0.3, -0.25) is 11.3 Å². The van der Waals surface area contributed by atoms with E-state index < -0.39 is 15.1 Å². The molecule has 0 bridgehead atoms. The minimum absolute atomic E-state index is 0.290. The second kappa shape index (κ2) is 6.07. The monoisotopic (exact) mass is 308 g/mol. The maximum Gasteiger partial charge on any atom is 0.155 e. The Balaban J connectivity index is 1.88. The number of rotatable bonds is 4. The van der Waals surface area contributed by atoms with E-state index in [1.807, 2.05) is 12.1 Å². The normalized spacial score (nSPS) is 27.0. The van der Waals surface area contributed by atoms with Gasteiger partial charge in [0.2, 0.25) is 0 Å². The molecule has 1 heterocycles. The van der Waals surface area contributed by atoms with Crippen molar-refractivity contribution in [1.82, 2.24) is 5.43 Å². The molecule has 4 nitrogen and oxygen atoms in total. The second-order valence-corrected chi connectivity index (χ2v) is 8.68. The summed E-state index contributed by atoms with van der Waals surface area (Å²) in [7, 11) is -3.05. The molecule has 0 spiro atoms. The van der Waals surface area contributed by atoms with Gasteiger partial charge in [-0.05, 0) is 42.7 Å². The van der Waals surface area contributed by atoms with Gasteiger partial charge in [0.1, 0.15) is 0 Å². The number of benzene rings is 1. The van der Waals surface area contributed by atoms with Gasteiger partial charge in [0.15, 0.2) is 9.84 Å². The molecule has 1 saturated heterocycles. The molecule has 5 heteroatoms. The molecule has 3 N–H and O–H groups in total. The Kier molecular flexibility index (Phi) is 4.33. The van der Waals surface area contributed by atoms with Crippen LogP contribution in [0, 0.1) is 0 Å². The summed E-state index contributed by atoms with van der Waals surface area (Å²) in [6.07, 6.45) is 6.22. The van der Waals surface area contributed by atoms with Crippen molar-refractivity contribution in [3.8, 4) is 0 Å². The van der Waals surface area contributed by atoms with E-state index in [9.17, 15) is 8.42 Å². The highest BCUT2D eigenvalue weighted by Crippen LogP contribution is 2.38. The van der Waals surface area contributed by atoms with Crippen LogP contribution in [0.4, 0.5) is 0 Å². The van der Waals surface area contributed by atoms with E-state index in [4.69, 9.17) is 5.84 Å². The maximum absolute atomic E-state index is 12.3. The largest absolute Gasteiger partial charge is 0.271 e. The zero-order valence-corrected chi connectivity index (χ0v) is 13.1. The van der Waals surface area contributed by atoms with E-state index in [-0.39, 0.29) is 11.8 Å². The molecule has 3 rings (SSSR count). The molecule has 2 atom stereocenters. The molecular weight excluding hydrogens is 284 g/mol. The predicted molar refractivity (Wildman–Crippen MR) is 84.5 cm³/mol. The average molecular weight is 308 g/mol. The molecular formula is C16H24N2O2S. The molecule has 1 saturated carbocycles. The zero-order chi connectivity index (χ0) is 14.9. The summed E-state index contributed by atoms with van der Waals surface area (Å²) in [6, 6.07) is 8.03. The number of nitrogens with one attached hydrogen (secondary N) is 1. The van der Waals surface area contributed by atoms with Crippen molar-refractivity contribution in [2.24, 2.45) is 5.84 Å². The lowest BCUT2D eigenvalue weighted by atomic mass is 9.79. The molecule has 0 amide bonds. The van der Waals surface area contributed by atoms with Crippen molar-refractivity contribution in [1.29, 1.82) is 0 Å². The van der Waals surface area contributed by atoms with E-state index >= 15 is 0 Å². The van der Waals surface area contributed by atoms with Crippen LogP contribution < -0.4 is 11.3 Å². The summed E-state index contributed by atoms with van der Waals surface area (Å²) < 4.78 is 24.7. The molecule has 21 heavy (non-hydrogen) atoms. The second-order valence-electron chi connectivity index (χ2n) is 6.34. The Morgan fingerprint density at radius 3 is 2.57 bits per heavy atom. The third-order valence-corrected chi connectivity index (χ3v) is 7.31. The van der Waals surface area contributed by atoms with Crippen molar-refractivity contribution in [2.75, 3.05) is 5.75 Å². The van der Waals surface area contributed by atoms with Gasteiger partial charge in [0.05, 0.1) is 17.0 Å². The van der Waals surface area contributed by atoms with E-state index in [1.165, 1.54) is 24.8 Å². The molecule has 1 aliphatic heterocycles. The molecule has 0 aromatic heterocycles. The van der Waals surface area contributed by atoms with Gasteiger partial charge < -0.3 is 0 Å². The van der Waals surface area contributed by atoms with E-state index in [1.54, 1.807) is 0 Å². The highest BCUT2D eigenvalue weighted by atomic mass is 32.2. The summed E-state index contributed by atoms with van der Waals surface area (Å²) in [5.41, 5.74) is 5.10. The fourth-order valence-corrected chi connectivity index (χ4v) is 5.61. The molecule has 2 fully saturated rings. The van der Waals surface area contributed by atoms with Gasteiger partial charge in [0.25, 0.3) is 0 Å². The van der Waals surface area contributed by atoms with Crippen LogP contribution in [0.3, 0.4) is 0 Å². The van der Waals surface area contributed by atoms with Gasteiger partial charge in [-0.1, -0.05) is 37.1 Å². The SMILES string of the molecule is NNC(c1cccc(C2CCC2)c1)C1CCCCS1(=O)=O. The Labute approximate surface area is 127 Å². The van der Waals surface area contributed by atoms with Crippen LogP contribution >= 0.6 is 0 Å². The minimum Gasteiger partial charge on any atom is -0.271 e. The van der Waals surface area contributed by atoms with Crippen molar-refractivity contribution >= 4 is 9.84 Å². The molecule has 1 aromatic carbocycles. The van der Waals surface area contributed by atoms with Crippen molar-refractivity contribution in [3.05, 3.63) is 35.4 Å². The third-order valence-electron chi connectivity index (χ3n) is 5.03. The first-order valence-electron chi connectivity index (χ1n) is 7.89. The smallest absolute Gasteiger partial charge is 0.155 e. The molecule has 0 radical (unpaired) electrons. The van der Waals surface area contributed by atoms with Crippen LogP contribution in [0.25, 0.3) is 0 Å². The lowest BCUT2D eigenvalue weighted by molar-refractivity contribution is 0.417. The first-order chi connectivity index (χ1) is 10.1. The van der Waals surface area contributed by atoms with Gasteiger partial charge in [-0.2, -0.15) is 0 Å². The number of sulfone groups is 1. The van der Waals surface area contributed by atoms with Gasteiger partial charge in [-0.15, -0.1) is 0 Å². The standard InChI is InChI=1S/C16H24N2O2S/c17-18-16(15-9-1-2-10-21(15,19)20)14-8-4-7-13(11-14)12-5-3-6-12/h4,7-8,11-12,15-16,18H,1-3,5-6,9-10,17H2. The number of hydrogen-bond acceptors (Lipinski definition) is 4. The highest BCUT2D eigenvalue weighted by molar-refractivity contribution is 7.92. The number of hydrogen-bond donors (Lipinski definition) is 2. The minimum atomic E-state index is -3.05. The molecule has 2 aliphatic rings. The Morgan fingerprint density at radius 1 is 1.14 bits per heavy atom. The van der Waals surface area contributed by atoms with Gasteiger partial charge in [-0.25, -0.2) is 8.42 Å². The third kappa shape index (κ3) is 3.00. The van der Waals surface area contributed by atoms with Crippen LogP contribution in [0.5, 0.6) is 0 Å². The fourth-order valence-electron chi connectivity index (χ4n) is 3.52. The molecule has 2 unspecified atom stereocenters. The zero-order valence-electron chi connectivity index (χ0n) is 12.3. The maximum atomic E-state index is 12.3. The predicted octanol–water partition coefficient (Wildman–Crippen LogP) is 2.43. The summed E-state index contributed by atoms with van der Waals surface area (Å²) in [6.45, 7) is 0. The summed E-state index contributed by atoms with van der Waals surface area (Å²) in [5, 5.41) is -0.395. The lowest BCUT2D eigenvalue weighted by Gasteiger charge is -2.31. The van der Waals surface area contributed by atoms with Crippen LogP contribution in [-0.2, 0) is 9.84 Å². The van der Waals surface area contributed by atoms with Crippen LogP contribution in [-0.4, -0.2) is 19.4 Å². The topological polar surface area (TPSA) is 72.2 Å². The fraction of sp³-hybridized carbons (Fsp3) is 0.625. The Bertz CT molecular complexity index is 596. The Hall–Kier alpha value is -0.910. The summed E-state index contributed by atoms with van der Waals surface area (Å²) in [5.74, 6) is 6.65. The van der Waals surface area contributed by atoms with E-state index in [2.05, 4.69) is 17.6 Å². The first kappa shape index (κ1) is 15.0. The van der Waals surface area contributed by atoms with Crippen LogP contribution in [0.1, 0.15) is 61.6 Å². The van der Waals surface area contributed by atoms with Crippen molar-refractivity contribution in [3.63, 3.8) is 0 Å². The summed E-state index contributed by atoms with van der Waals surface area (Å²) >= 11 is 0. The van der Waals surface area contributed by atoms with Crippen molar-refractivity contribution < 1.29 is 8.42 Å². The van der Waals surface area contributed by atoms with Gasteiger partial charge >= 0.3 is 0 Å². The molecule has 1 aromatic rings. The van der Waals surface area contributed by atoms with Crippen LogP contribution in [0.15, 0.2) is 24.3 Å². The average Bonchev–Trinajstić information content (AvgIpc) is 2.40. The number of hydrazine groups is 1. The number of nitrogens with two attached hydrogens (primary N) is 1. The quantitative estimate of drug-likeness (QED) is 0.662. The highest BCUT2D eigenvalue weighted by Gasteiger charge is 2.36. The lowest BCUT2D eigenvalue weighted by Crippen LogP contribution is -2.43. The summed E-state index contributed by atoms with van der Waals surface area (Å²) in [4.78, 5) is 0. The molecule has 1 aliphatic carbocycles. The molecule has 116 valence electrons. The van der Waals surface area contributed by atoms with E-state index in [0.717, 1.165) is 18.4 Å². The Morgan fingerprint density at radius 2 is 1.95 bits per heavy atom. The van der Waals surface area contributed by atoms with E-state index in [0.29, 0.717) is 12.3 Å². The first-order valence-corrected chi connectivity index (χ1v) is 9.61. The van der Waals surface area contributed by atoms with Crippen LogP contribution in [0.2, 0.25) is 0 Å². The van der Waals surface area contributed by atoms with Crippen molar-refractivity contribution in [2.45, 2.75) is 55.7 Å². The van der Waals surface area contributed by atoms with Gasteiger partial charge in [0, 0.05) is 0 Å².